The molecule has 0 amide bonds. The lowest BCUT2D eigenvalue weighted by molar-refractivity contribution is 1.25. The first kappa shape index (κ1) is 14.1. The highest BCUT2D eigenvalue weighted by atomic mass is 35.5. The number of fused-ring (bicyclic) bond motifs is 1. The Morgan fingerprint density at radius 1 is 0.905 bits per heavy atom. The van der Waals surface area contributed by atoms with Gasteiger partial charge >= 0.3 is 0 Å². The molecule has 0 unspecified atom stereocenters. The SMILES string of the molecule is Cc1cc(C)c(-c2cccc3c(Cl)cc(C)nc23)c(C)c1. The predicted molar refractivity (Wildman–Crippen MR) is 91.1 cm³/mol. The van der Waals surface area contributed by atoms with Gasteiger partial charge in [-0.05, 0) is 50.5 Å². The minimum absolute atomic E-state index is 0.766. The molecule has 3 aromatic rings. The fraction of sp³-hybridized carbons (Fsp3) is 0.211. The Balaban J connectivity index is 2.41. The minimum atomic E-state index is 0.766. The number of hydrogen-bond donors (Lipinski definition) is 0. The first-order chi connectivity index (χ1) is 9.97. The van der Waals surface area contributed by atoms with Crippen molar-refractivity contribution in [1.82, 2.24) is 4.98 Å². The molecule has 0 radical (unpaired) electrons. The number of aromatic nitrogens is 1. The molecule has 0 bridgehead atoms. The number of hydrogen-bond acceptors (Lipinski definition) is 1. The lowest BCUT2D eigenvalue weighted by Gasteiger charge is -2.14. The average molecular weight is 296 g/mol. The van der Waals surface area contributed by atoms with Crippen molar-refractivity contribution >= 4 is 22.5 Å². The molecule has 2 heteroatoms. The van der Waals surface area contributed by atoms with Gasteiger partial charge in [-0.15, -0.1) is 0 Å². The van der Waals surface area contributed by atoms with Crippen LogP contribution in [0.4, 0.5) is 0 Å². The van der Waals surface area contributed by atoms with Gasteiger partial charge in [0.25, 0.3) is 0 Å². The van der Waals surface area contributed by atoms with E-state index in [9.17, 15) is 0 Å². The molecule has 0 aliphatic heterocycles. The van der Waals surface area contributed by atoms with E-state index in [-0.39, 0.29) is 0 Å². The molecule has 3 rings (SSSR count). The molecule has 0 fully saturated rings. The summed E-state index contributed by atoms with van der Waals surface area (Å²) in [6, 6.07) is 12.6. The zero-order chi connectivity index (χ0) is 15.1. The highest BCUT2D eigenvalue weighted by Crippen LogP contribution is 2.35. The Morgan fingerprint density at radius 2 is 1.57 bits per heavy atom. The van der Waals surface area contributed by atoms with Crippen LogP contribution >= 0.6 is 11.6 Å². The molecule has 0 N–H and O–H groups in total. The molecular weight excluding hydrogens is 278 g/mol. The molecule has 1 nitrogen and oxygen atoms in total. The average Bonchev–Trinajstić information content (AvgIpc) is 2.38. The van der Waals surface area contributed by atoms with Gasteiger partial charge in [0.1, 0.15) is 0 Å². The summed E-state index contributed by atoms with van der Waals surface area (Å²) in [6.45, 7) is 8.43. The third kappa shape index (κ3) is 2.43. The van der Waals surface area contributed by atoms with E-state index in [0.29, 0.717) is 0 Å². The number of para-hydroxylation sites is 1. The van der Waals surface area contributed by atoms with E-state index in [2.05, 4.69) is 45.0 Å². The standard InChI is InChI=1S/C19H18ClN/c1-11-8-12(2)18(13(3)9-11)16-7-5-6-15-17(20)10-14(4)21-19(15)16/h5-10H,1-4H3. The minimum Gasteiger partial charge on any atom is -0.252 e. The van der Waals surface area contributed by atoms with E-state index < -0.39 is 0 Å². The van der Waals surface area contributed by atoms with Crippen molar-refractivity contribution in [3.05, 3.63) is 63.8 Å². The molecule has 2 aromatic carbocycles. The lowest BCUT2D eigenvalue weighted by Crippen LogP contribution is -1.94. The van der Waals surface area contributed by atoms with Crippen LogP contribution in [0.2, 0.25) is 5.02 Å². The van der Waals surface area contributed by atoms with E-state index in [1.807, 2.05) is 19.1 Å². The first-order valence-electron chi connectivity index (χ1n) is 7.11. The van der Waals surface area contributed by atoms with Crippen LogP contribution in [0.5, 0.6) is 0 Å². The van der Waals surface area contributed by atoms with Crippen LogP contribution in [0, 0.1) is 27.7 Å². The summed E-state index contributed by atoms with van der Waals surface area (Å²) < 4.78 is 0. The van der Waals surface area contributed by atoms with Crippen LogP contribution < -0.4 is 0 Å². The number of aryl methyl sites for hydroxylation is 4. The molecule has 1 heterocycles. The molecule has 0 aliphatic carbocycles. The van der Waals surface area contributed by atoms with Crippen LogP contribution in [-0.2, 0) is 0 Å². The zero-order valence-corrected chi connectivity index (χ0v) is 13.5. The normalized spacial score (nSPS) is 11.1. The van der Waals surface area contributed by atoms with Gasteiger partial charge in [0.2, 0.25) is 0 Å². The van der Waals surface area contributed by atoms with Crippen LogP contribution in [0.3, 0.4) is 0 Å². The largest absolute Gasteiger partial charge is 0.252 e. The summed E-state index contributed by atoms with van der Waals surface area (Å²) in [6.07, 6.45) is 0. The van der Waals surface area contributed by atoms with Crippen molar-refractivity contribution in [3.63, 3.8) is 0 Å². The second-order valence-corrected chi connectivity index (χ2v) is 6.13. The number of nitrogens with zero attached hydrogens (tertiary/aromatic N) is 1. The van der Waals surface area contributed by atoms with E-state index in [1.54, 1.807) is 0 Å². The van der Waals surface area contributed by atoms with Crippen molar-refractivity contribution < 1.29 is 0 Å². The first-order valence-corrected chi connectivity index (χ1v) is 7.49. The molecule has 21 heavy (non-hydrogen) atoms. The Morgan fingerprint density at radius 3 is 2.24 bits per heavy atom. The van der Waals surface area contributed by atoms with E-state index in [4.69, 9.17) is 16.6 Å². The highest BCUT2D eigenvalue weighted by Gasteiger charge is 2.12. The maximum Gasteiger partial charge on any atom is 0.0798 e. The van der Waals surface area contributed by atoms with Gasteiger partial charge in [-0.1, -0.05) is 47.5 Å². The number of rotatable bonds is 1. The summed E-state index contributed by atoms with van der Waals surface area (Å²) in [4.78, 5) is 4.73. The number of benzene rings is 2. The molecule has 106 valence electrons. The molecule has 0 aliphatic rings. The van der Waals surface area contributed by atoms with Gasteiger partial charge in [0.05, 0.1) is 10.5 Å². The Labute approximate surface area is 130 Å². The van der Waals surface area contributed by atoms with Crippen LogP contribution in [0.15, 0.2) is 36.4 Å². The van der Waals surface area contributed by atoms with Crippen molar-refractivity contribution in [3.8, 4) is 11.1 Å². The summed E-state index contributed by atoms with van der Waals surface area (Å²) in [5.74, 6) is 0. The second-order valence-electron chi connectivity index (χ2n) is 5.72. The monoisotopic (exact) mass is 295 g/mol. The molecule has 1 aromatic heterocycles. The van der Waals surface area contributed by atoms with Crippen LogP contribution in [0.1, 0.15) is 22.4 Å². The molecular formula is C19H18ClN. The Hall–Kier alpha value is -1.86. The maximum absolute atomic E-state index is 6.39. The predicted octanol–water partition coefficient (Wildman–Crippen LogP) is 5.79. The fourth-order valence-electron chi connectivity index (χ4n) is 3.13. The Kier molecular flexibility index (Phi) is 3.46. The fourth-order valence-corrected chi connectivity index (χ4v) is 3.44. The van der Waals surface area contributed by atoms with Crippen molar-refractivity contribution in [2.75, 3.05) is 0 Å². The summed E-state index contributed by atoms with van der Waals surface area (Å²) in [7, 11) is 0. The third-order valence-electron chi connectivity index (χ3n) is 3.86. The van der Waals surface area contributed by atoms with Gasteiger partial charge < -0.3 is 0 Å². The van der Waals surface area contributed by atoms with Crippen molar-refractivity contribution in [2.24, 2.45) is 0 Å². The summed E-state index contributed by atoms with van der Waals surface area (Å²) >= 11 is 6.39. The quantitative estimate of drug-likeness (QED) is 0.554. The smallest absolute Gasteiger partial charge is 0.0798 e. The maximum atomic E-state index is 6.39. The van der Waals surface area contributed by atoms with Crippen molar-refractivity contribution in [2.45, 2.75) is 27.7 Å². The van der Waals surface area contributed by atoms with E-state index >= 15 is 0 Å². The van der Waals surface area contributed by atoms with Gasteiger partial charge in [0.15, 0.2) is 0 Å². The summed E-state index contributed by atoms with van der Waals surface area (Å²) in [5.41, 5.74) is 8.20. The van der Waals surface area contributed by atoms with Gasteiger partial charge in [-0.2, -0.15) is 0 Å². The molecule has 0 saturated carbocycles. The number of halogens is 1. The van der Waals surface area contributed by atoms with Crippen LogP contribution in [0.25, 0.3) is 22.0 Å². The number of pyridine rings is 1. The van der Waals surface area contributed by atoms with Crippen molar-refractivity contribution in [1.29, 1.82) is 0 Å². The highest BCUT2D eigenvalue weighted by molar-refractivity contribution is 6.35. The molecule has 0 spiro atoms. The van der Waals surface area contributed by atoms with E-state index in [0.717, 1.165) is 27.2 Å². The lowest BCUT2D eigenvalue weighted by atomic mass is 9.92. The Bertz CT molecular complexity index is 827. The van der Waals surface area contributed by atoms with Gasteiger partial charge in [0, 0.05) is 16.6 Å². The topological polar surface area (TPSA) is 12.9 Å². The molecule has 0 saturated heterocycles. The second kappa shape index (κ2) is 5.16. The third-order valence-corrected chi connectivity index (χ3v) is 4.18. The molecule has 0 atom stereocenters. The van der Waals surface area contributed by atoms with E-state index in [1.165, 1.54) is 22.3 Å². The summed E-state index contributed by atoms with van der Waals surface area (Å²) in [5, 5.41) is 1.78. The van der Waals surface area contributed by atoms with Gasteiger partial charge in [-0.3, -0.25) is 4.98 Å². The van der Waals surface area contributed by atoms with Crippen LogP contribution in [-0.4, -0.2) is 4.98 Å². The van der Waals surface area contributed by atoms with Gasteiger partial charge in [-0.25, -0.2) is 0 Å². The zero-order valence-electron chi connectivity index (χ0n) is 12.8.